The number of carbonyl (C=O) groups excluding carboxylic acids is 2. The van der Waals surface area contributed by atoms with E-state index in [-0.39, 0.29) is 5.57 Å². The number of halogens is 1. The highest BCUT2D eigenvalue weighted by atomic mass is 35.5. The molecule has 130 valence electrons. The number of nitrogens with zero attached hydrogens (tertiary/aromatic N) is 3. The standard InChI is InChI=1S/C17H10ClN3O3S2/c18-10-4-1-3-9(7-10)13-12(14(22)11-5-2-6-25-11)15(23)16(24)21(13)17-20-19-8-26-17/h1-8,13,23H. The Bertz CT molecular complexity index is 1020. The van der Waals surface area contributed by atoms with E-state index < -0.39 is 23.5 Å². The van der Waals surface area contributed by atoms with Gasteiger partial charge in [0.05, 0.1) is 16.5 Å². The molecule has 4 rings (SSSR count). The summed E-state index contributed by atoms with van der Waals surface area (Å²) in [6, 6.07) is 9.39. The Balaban J connectivity index is 1.89. The first-order valence-corrected chi connectivity index (χ1v) is 9.58. The monoisotopic (exact) mass is 403 g/mol. The number of hydrogen-bond acceptors (Lipinski definition) is 7. The van der Waals surface area contributed by atoms with E-state index in [0.29, 0.717) is 20.6 Å². The van der Waals surface area contributed by atoms with Crippen LogP contribution in [0, 0.1) is 0 Å². The van der Waals surface area contributed by atoms with E-state index in [9.17, 15) is 14.7 Å². The molecule has 1 aromatic carbocycles. The van der Waals surface area contributed by atoms with Crippen LogP contribution in [0.3, 0.4) is 0 Å². The minimum Gasteiger partial charge on any atom is -0.503 e. The zero-order valence-electron chi connectivity index (χ0n) is 13.0. The van der Waals surface area contributed by atoms with Crippen molar-refractivity contribution in [2.45, 2.75) is 6.04 Å². The highest BCUT2D eigenvalue weighted by Crippen LogP contribution is 2.42. The lowest BCUT2D eigenvalue weighted by molar-refractivity contribution is -0.117. The number of benzene rings is 1. The van der Waals surface area contributed by atoms with Crippen LogP contribution in [0.25, 0.3) is 0 Å². The molecule has 1 aliphatic rings. The molecule has 6 nitrogen and oxygen atoms in total. The normalized spacial score (nSPS) is 17.2. The molecule has 2 aromatic heterocycles. The van der Waals surface area contributed by atoms with Crippen LogP contribution in [0.1, 0.15) is 21.3 Å². The first-order chi connectivity index (χ1) is 12.6. The maximum absolute atomic E-state index is 13.0. The lowest BCUT2D eigenvalue weighted by Crippen LogP contribution is -2.31. The minimum atomic E-state index is -0.830. The summed E-state index contributed by atoms with van der Waals surface area (Å²) in [5, 5.41) is 20.7. The van der Waals surface area contributed by atoms with Crippen molar-refractivity contribution in [2.75, 3.05) is 4.90 Å². The van der Waals surface area contributed by atoms with Gasteiger partial charge in [0, 0.05) is 5.02 Å². The molecule has 26 heavy (non-hydrogen) atoms. The van der Waals surface area contributed by atoms with Gasteiger partial charge in [0.1, 0.15) is 5.51 Å². The van der Waals surface area contributed by atoms with Gasteiger partial charge in [-0.05, 0) is 29.1 Å². The Labute approximate surface area is 161 Å². The van der Waals surface area contributed by atoms with Crippen molar-refractivity contribution in [2.24, 2.45) is 0 Å². The molecule has 1 aliphatic heterocycles. The number of aliphatic hydroxyl groups is 1. The number of hydrogen-bond donors (Lipinski definition) is 1. The third-order valence-electron chi connectivity index (χ3n) is 3.92. The molecule has 0 radical (unpaired) electrons. The topological polar surface area (TPSA) is 83.4 Å². The molecule has 3 aromatic rings. The van der Waals surface area contributed by atoms with Crippen LogP contribution in [0.4, 0.5) is 5.13 Å². The number of ketones is 1. The maximum atomic E-state index is 13.0. The van der Waals surface area contributed by atoms with Crippen molar-refractivity contribution in [3.8, 4) is 0 Å². The average Bonchev–Trinajstić information content (AvgIpc) is 3.37. The highest BCUT2D eigenvalue weighted by molar-refractivity contribution is 7.13. The van der Waals surface area contributed by atoms with Crippen molar-refractivity contribution >= 4 is 51.1 Å². The van der Waals surface area contributed by atoms with Crippen LogP contribution in [0.2, 0.25) is 5.02 Å². The van der Waals surface area contributed by atoms with Crippen LogP contribution in [-0.4, -0.2) is 27.0 Å². The van der Waals surface area contributed by atoms with Gasteiger partial charge < -0.3 is 5.11 Å². The molecule has 0 bridgehead atoms. The van der Waals surface area contributed by atoms with Gasteiger partial charge in [-0.2, -0.15) is 0 Å². The second kappa shape index (κ2) is 6.64. The van der Waals surface area contributed by atoms with E-state index in [0.717, 1.165) is 11.3 Å². The molecule has 0 aliphatic carbocycles. The molecule has 0 spiro atoms. The second-order valence-corrected chi connectivity index (χ2v) is 7.62. The van der Waals surface area contributed by atoms with Gasteiger partial charge in [-0.15, -0.1) is 21.5 Å². The number of thiophene rings is 1. The minimum absolute atomic E-state index is 0.00918. The molecule has 1 N–H and O–H groups in total. The number of anilines is 1. The third kappa shape index (κ3) is 2.72. The summed E-state index contributed by atoms with van der Waals surface area (Å²) in [5.74, 6) is -1.67. The molecule has 1 atom stereocenters. The smallest absolute Gasteiger partial charge is 0.296 e. The van der Waals surface area contributed by atoms with Crippen LogP contribution < -0.4 is 4.90 Å². The first-order valence-electron chi connectivity index (χ1n) is 7.44. The van der Waals surface area contributed by atoms with Crippen LogP contribution >= 0.6 is 34.3 Å². The largest absolute Gasteiger partial charge is 0.503 e. The Morgan fingerprint density at radius 2 is 2.08 bits per heavy atom. The van der Waals surface area contributed by atoms with Crippen molar-refractivity contribution in [3.63, 3.8) is 0 Å². The Morgan fingerprint density at radius 3 is 2.73 bits per heavy atom. The van der Waals surface area contributed by atoms with Crippen LogP contribution in [-0.2, 0) is 4.79 Å². The predicted octanol–water partition coefficient (Wildman–Crippen LogP) is 4.04. The van der Waals surface area contributed by atoms with Crippen molar-refractivity contribution < 1.29 is 14.7 Å². The molecule has 0 saturated carbocycles. The Hall–Kier alpha value is -2.55. The summed E-state index contributed by atoms with van der Waals surface area (Å²) in [7, 11) is 0. The highest BCUT2D eigenvalue weighted by Gasteiger charge is 2.46. The van der Waals surface area contributed by atoms with Gasteiger partial charge in [0.2, 0.25) is 10.9 Å². The molecule has 0 fully saturated rings. The number of Topliss-reactive ketones (excluding diaryl/α,β-unsaturated/α-hetero) is 1. The van der Waals surface area contributed by atoms with Gasteiger partial charge in [0.15, 0.2) is 5.76 Å². The predicted molar refractivity (Wildman–Crippen MR) is 99.9 cm³/mol. The van der Waals surface area contributed by atoms with Gasteiger partial charge >= 0.3 is 0 Å². The maximum Gasteiger partial charge on any atom is 0.296 e. The fourth-order valence-corrected chi connectivity index (χ4v) is 4.30. The van der Waals surface area contributed by atoms with Gasteiger partial charge in [-0.1, -0.05) is 41.1 Å². The molecule has 1 unspecified atom stereocenters. The van der Waals surface area contributed by atoms with Gasteiger partial charge in [-0.3, -0.25) is 14.5 Å². The molecular formula is C17H10ClN3O3S2. The SMILES string of the molecule is O=C(C1=C(O)C(=O)N(c2nncs2)C1c1cccc(Cl)c1)c1cccs1. The molecule has 1 amide bonds. The summed E-state index contributed by atoms with van der Waals surface area (Å²) in [6.07, 6.45) is 0. The van der Waals surface area contributed by atoms with Crippen molar-refractivity contribution in [1.82, 2.24) is 10.2 Å². The van der Waals surface area contributed by atoms with Crippen molar-refractivity contribution in [3.05, 3.63) is 74.1 Å². The zero-order chi connectivity index (χ0) is 18.3. The van der Waals surface area contributed by atoms with E-state index in [4.69, 9.17) is 11.6 Å². The average molecular weight is 404 g/mol. The van der Waals surface area contributed by atoms with Crippen molar-refractivity contribution in [1.29, 1.82) is 0 Å². The van der Waals surface area contributed by atoms with Gasteiger partial charge in [-0.25, -0.2) is 0 Å². The van der Waals surface area contributed by atoms with E-state index >= 15 is 0 Å². The number of aliphatic hydroxyl groups excluding tert-OH is 1. The zero-order valence-corrected chi connectivity index (χ0v) is 15.4. The quantitative estimate of drug-likeness (QED) is 0.665. The Morgan fingerprint density at radius 1 is 1.23 bits per heavy atom. The molecule has 3 heterocycles. The fourth-order valence-electron chi connectivity index (χ4n) is 2.84. The number of amides is 1. The summed E-state index contributed by atoms with van der Waals surface area (Å²) in [5.41, 5.74) is 2.09. The fraction of sp³-hybridized carbons (Fsp3) is 0.0588. The van der Waals surface area contributed by atoms with E-state index in [1.807, 2.05) is 0 Å². The summed E-state index contributed by atoms with van der Waals surface area (Å²) in [4.78, 5) is 27.4. The summed E-state index contributed by atoms with van der Waals surface area (Å²) in [6.45, 7) is 0. The molecule has 0 saturated heterocycles. The molecule has 9 heteroatoms. The third-order valence-corrected chi connectivity index (χ3v) is 5.71. The number of aromatic nitrogens is 2. The summed E-state index contributed by atoms with van der Waals surface area (Å²) >= 11 is 8.49. The summed E-state index contributed by atoms with van der Waals surface area (Å²) < 4.78 is 0. The van der Waals surface area contributed by atoms with E-state index in [1.54, 1.807) is 41.8 Å². The van der Waals surface area contributed by atoms with Crippen LogP contribution in [0.15, 0.2) is 58.6 Å². The Kier molecular flexibility index (Phi) is 4.31. The number of carbonyl (C=O) groups is 2. The van der Waals surface area contributed by atoms with Crippen LogP contribution in [0.5, 0.6) is 0 Å². The van der Waals surface area contributed by atoms with E-state index in [2.05, 4.69) is 10.2 Å². The first kappa shape index (κ1) is 16.9. The number of rotatable bonds is 4. The second-order valence-electron chi connectivity index (χ2n) is 5.42. The lowest BCUT2D eigenvalue weighted by Gasteiger charge is -2.24. The van der Waals surface area contributed by atoms with E-state index in [1.165, 1.54) is 21.7 Å². The molecular weight excluding hydrogens is 394 g/mol. The lowest BCUT2D eigenvalue weighted by atomic mass is 9.95. The van der Waals surface area contributed by atoms with Gasteiger partial charge in [0.25, 0.3) is 5.91 Å².